The number of rotatable bonds is 3. The monoisotopic (exact) mass is 348 g/mol. The molecule has 0 aliphatic heterocycles. The van der Waals surface area contributed by atoms with Crippen molar-refractivity contribution >= 4 is 22.6 Å². The summed E-state index contributed by atoms with van der Waals surface area (Å²) < 4.78 is 39.7. The molecule has 0 amide bonds. The third kappa shape index (κ3) is 3.46. The van der Waals surface area contributed by atoms with Crippen molar-refractivity contribution < 1.29 is 23.0 Å². The van der Waals surface area contributed by atoms with E-state index < -0.39 is 12.2 Å². The summed E-state index contributed by atoms with van der Waals surface area (Å²) >= 11 is 1.71. The van der Waals surface area contributed by atoms with Crippen LogP contribution in [0.15, 0.2) is 6.07 Å². The summed E-state index contributed by atoms with van der Waals surface area (Å²) in [4.78, 5) is 3.57. The fraction of sp³-hybridized carbons (Fsp3) is 0.375. The summed E-state index contributed by atoms with van der Waals surface area (Å²) in [5, 5.41) is 8.99. The molecular formula is C8H8F3IN2O2. The van der Waals surface area contributed by atoms with E-state index in [9.17, 15) is 13.2 Å². The molecule has 1 heterocycles. The minimum absolute atomic E-state index is 0.00261. The van der Waals surface area contributed by atoms with Crippen molar-refractivity contribution in [3.8, 4) is 5.88 Å². The van der Waals surface area contributed by atoms with Gasteiger partial charge in [0.05, 0.1) is 6.61 Å². The topological polar surface area (TPSA) is 68.4 Å². The van der Waals surface area contributed by atoms with Crippen LogP contribution < -0.4 is 10.5 Å². The molecule has 8 heteroatoms. The fourth-order valence-corrected chi connectivity index (χ4v) is 1.84. The molecular weight excluding hydrogens is 340 g/mol. The van der Waals surface area contributed by atoms with Gasteiger partial charge in [0, 0.05) is 18.2 Å². The molecule has 0 atom stereocenters. The maximum Gasteiger partial charge on any atom is 0.574 e. The highest BCUT2D eigenvalue weighted by Gasteiger charge is 2.32. The van der Waals surface area contributed by atoms with Crippen LogP contribution in [0.5, 0.6) is 5.88 Å². The van der Waals surface area contributed by atoms with Gasteiger partial charge in [0.15, 0.2) is 0 Å². The molecule has 0 aromatic carbocycles. The summed E-state index contributed by atoms with van der Waals surface area (Å²) in [7, 11) is 0. The van der Waals surface area contributed by atoms with E-state index in [1.54, 1.807) is 22.6 Å². The summed E-state index contributed by atoms with van der Waals surface area (Å²) in [6.07, 6.45) is -4.79. The van der Waals surface area contributed by atoms with Crippen molar-refractivity contribution in [2.75, 3.05) is 0 Å². The van der Waals surface area contributed by atoms with E-state index in [-0.39, 0.29) is 16.9 Å². The zero-order valence-electron chi connectivity index (χ0n) is 7.88. The van der Waals surface area contributed by atoms with E-state index in [4.69, 9.17) is 10.8 Å². The highest BCUT2D eigenvalue weighted by atomic mass is 127. The highest BCUT2D eigenvalue weighted by Crippen LogP contribution is 2.25. The molecule has 0 unspecified atom stereocenters. The molecule has 0 bridgehead atoms. The van der Waals surface area contributed by atoms with E-state index in [0.29, 0.717) is 11.1 Å². The molecule has 3 N–H and O–H groups in total. The van der Waals surface area contributed by atoms with Gasteiger partial charge in [-0.2, -0.15) is 0 Å². The molecule has 0 saturated heterocycles. The Morgan fingerprint density at radius 1 is 1.50 bits per heavy atom. The molecule has 1 aromatic heterocycles. The number of ether oxygens (including phenoxy) is 1. The van der Waals surface area contributed by atoms with Crippen LogP contribution in [0.4, 0.5) is 13.2 Å². The number of nitrogens with two attached hydrogens (primary N) is 1. The van der Waals surface area contributed by atoms with Gasteiger partial charge >= 0.3 is 6.36 Å². The van der Waals surface area contributed by atoms with Crippen LogP contribution in [0.3, 0.4) is 0 Å². The van der Waals surface area contributed by atoms with Crippen molar-refractivity contribution in [1.82, 2.24) is 4.98 Å². The Morgan fingerprint density at radius 2 is 2.12 bits per heavy atom. The van der Waals surface area contributed by atoms with Gasteiger partial charge in [-0.05, 0) is 28.2 Å². The predicted molar refractivity (Wildman–Crippen MR) is 57.5 cm³/mol. The van der Waals surface area contributed by atoms with E-state index in [1.807, 2.05) is 0 Å². The maximum atomic E-state index is 11.9. The van der Waals surface area contributed by atoms with Crippen molar-refractivity contribution in [1.29, 1.82) is 0 Å². The van der Waals surface area contributed by atoms with Gasteiger partial charge < -0.3 is 15.6 Å². The molecule has 1 rings (SSSR count). The number of aromatic nitrogens is 1. The molecule has 4 nitrogen and oxygen atoms in total. The first-order valence-corrected chi connectivity index (χ1v) is 5.20. The minimum atomic E-state index is -4.79. The third-order valence-corrected chi connectivity index (χ3v) is 2.63. The summed E-state index contributed by atoms with van der Waals surface area (Å²) in [5.41, 5.74) is 6.14. The van der Waals surface area contributed by atoms with E-state index in [0.717, 1.165) is 6.07 Å². The zero-order chi connectivity index (χ0) is 12.3. The lowest BCUT2D eigenvalue weighted by Gasteiger charge is -2.12. The number of hydrogen-bond donors (Lipinski definition) is 2. The Morgan fingerprint density at radius 3 is 2.56 bits per heavy atom. The second kappa shape index (κ2) is 5.15. The van der Waals surface area contributed by atoms with Crippen molar-refractivity contribution in [3.05, 3.63) is 20.9 Å². The Kier molecular flexibility index (Phi) is 4.33. The lowest BCUT2D eigenvalue weighted by Crippen LogP contribution is -2.19. The first-order chi connectivity index (χ1) is 7.37. The number of pyridine rings is 1. The number of nitrogens with zero attached hydrogens (tertiary/aromatic N) is 1. The van der Waals surface area contributed by atoms with Crippen LogP contribution in [0.2, 0.25) is 0 Å². The minimum Gasteiger partial charge on any atom is -0.392 e. The largest absolute Gasteiger partial charge is 0.574 e. The van der Waals surface area contributed by atoms with Gasteiger partial charge in [0.25, 0.3) is 0 Å². The van der Waals surface area contributed by atoms with Crippen LogP contribution in [-0.2, 0) is 13.2 Å². The number of aliphatic hydroxyl groups is 1. The summed E-state index contributed by atoms with van der Waals surface area (Å²) in [6.45, 7) is -0.327. The summed E-state index contributed by atoms with van der Waals surface area (Å²) in [5.74, 6) is -0.574. The molecule has 0 aliphatic rings. The average molecular weight is 348 g/mol. The van der Waals surface area contributed by atoms with Crippen molar-refractivity contribution in [2.45, 2.75) is 19.5 Å². The molecule has 0 fully saturated rings. The number of aliphatic hydroxyl groups excluding tert-OH is 1. The number of halogens is 4. The van der Waals surface area contributed by atoms with Crippen LogP contribution in [0.25, 0.3) is 0 Å². The lowest BCUT2D eigenvalue weighted by molar-refractivity contribution is -0.276. The van der Waals surface area contributed by atoms with E-state index in [2.05, 4.69) is 9.72 Å². The zero-order valence-corrected chi connectivity index (χ0v) is 10.0. The smallest absolute Gasteiger partial charge is 0.392 e. The standard InChI is InChI=1S/C8H8F3IN2O2/c9-8(10,11)16-6-1-4(2-13)5(3-15)7(12)14-6/h1,15H,2-3,13H2. The van der Waals surface area contributed by atoms with Crippen LogP contribution in [0, 0.1) is 3.70 Å². The highest BCUT2D eigenvalue weighted by molar-refractivity contribution is 14.1. The van der Waals surface area contributed by atoms with Gasteiger partial charge in [-0.15, -0.1) is 13.2 Å². The van der Waals surface area contributed by atoms with Crippen LogP contribution in [-0.4, -0.2) is 16.5 Å². The van der Waals surface area contributed by atoms with Gasteiger partial charge in [-0.3, -0.25) is 0 Å². The first kappa shape index (κ1) is 13.5. The summed E-state index contributed by atoms with van der Waals surface area (Å²) in [6, 6.07) is 1.07. The quantitative estimate of drug-likeness (QED) is 0.642. The van der Waals surface area contributed by atoms with Crippen molar-refractivity contribution in [2.24, 2.45) is 5.73 Å². The normalized spacial score (nSPS) is 11.6. The van der Waals surface area contributed by atoms with Gasteiger partial charge in [0.2, 0.25) is 5.88 Å². The Labute approximate surface area is 103 Å². The van der Waals surface area contributed by atoms with Crippen LogP contribution in [0.1, 0.15) is 11.1 Å². The van der Waals surface area contributed by atoms with E-state index >= 15 is 0 Å². The molecule has 0 radical (unpaired) electrons. The van der Waals surface area contributed by atoms with E-state index in [1.165, 1.54) is 0 Å². The fourth-order valence-electron chi connectivity index (χ4n) is 1.08. The first-order valence-electron chi connectivity index (χ1n) is 4.12. The second-order valence-electron chi connectivity index (χ2n) is 2.80. The van der Waals surface area contributed by atoms with Crippen LogP contribution >= 0.6 is 22.6 Å². The van der Waals surface area contributed by atoms with Crippen molar-refractivity contribution in [3.63, 3.8) is 0 Å². The second-order valence-corrected chi connectivity index (χ2v) is 3.82. The SMILES string of the molecule is NCc1cc(OC(F)(F)F)nc(I)c1CO. The van der Waals surface area contributed by atoms with Gasteiger partial charge in [-0.1, -0.05) is 0 Å². The third-order valence-electron chi connectivity index (χ3n) is 1.74. The average Bonchev–Trinajstić information content (AvgIpc) is 2.14. The molecule has 0 aliphatic carbocycles. The molecule has 16 heavy (non-hydrogen) atoms. The molecule has 1 aromatic rings. The number of alkyl halides is 3. The predicted octanol–water partition coefficient (Wildman–Crippen LogP) is 1.54. The Balaban J connectivity index is 3.10. The Bertz CT molecular complexity index is 384. The molecule has 0 saturated carbocycles. The lowest BCUT2D eigenvalue weighted by atomic mass is 10.1. The molecule has 90 valence electrons. The maximum absolute atomic E-state index is 11.9. The molecule has 0 spiro atoms. The number of hydrogen-bond acceptors (Lipinski definition) is 4. The van der Waals surface area contributed by atoms with Gasteiger partial charge in [0.1, 0.15) is 3.70 Å². The Hall–Kier alpha value is -0.610. The van der Waals surface area contributed by atoms with Gasteiger partial charge in [-0.25, -0.2) is 4.98 Å².